The number of hydrogen-bond acceptors (Lipinski definition) is 5. The molecule has 0 spiro atoms. The number of hydrogen-bond donors (Lipinski definition) is 3. The van der Waals surface area contributed by atoms with Crippen LogP contribution in [0.2, 0.25) is 0 Å². The average molecular weight is 432 g/mol. The highest BCUT2D eigenvalue weighted by Gasteiger charge is 2.12. The molecule has 1 heterocycles. The average Bonchev–Trinajstić information content (AvgIpc) is 2.72. The van der Waals surface area contributed by atoms with Crippen molar-refractivity contribution in [3.8, 4) is 0 Å². The van der Waals surface area contributed by atoms with Gasteiger partial charge in [0.2, 0.25) is 5.91 Å². The van der Waals surface area contributed by atoms with E-state index in [0.29, 0.717) is 28.3 Å². The monoisotopic (exact) mass is 431 g/mol. The van der Waals surface area contributed by atoms with E-state index >= 15 is 0 Å². The van der Waals surface area contributed by atoms with Crippen LogP contribution in [0.15, 0.2) is 58.5 Å². The number of carbonyl (C=O) groups excluding carboxylic acids is 1. The van der Waals surface area contributed by atoms with Crippen molar-refractivity contribution in [1.29, 1.82) is 0 Å². The molecule has 2 aromatic carbocycles. The molecule has 0 radical (unpaired) electrons. The van der Waals surface area contributed by atoms with E-state index in [-0.39, 0.29) is 28.1 Å². The standard InChI is InChI=1S/C19H18FN5O2S2/c1-2-25-17(27)14-5-3-4-6-15(14)22-19(25)29-11-16(26)23-24-18(28)21-13-9-7-12(20)8-10-13/h3-10H,2,11H2,1H3,(H,23,26)(H2,21,24,28). The molecule has 1 aromatic heterocycles. The van der Waals surface area contributed by atoms with Crippen molar-refractivity contribution < 1.29 is 9.18 Å². The van der Waals surface area contributed by atoms with Crippen LogP contribution in [-0.2, 0) is 11.3 Å². The molecule has 3 aromatic rings. The molecular weight excluding hydrogens is 413 g/mol. The molecule has 29 heavy (non-hydrogen) atoms. The fourth-order valence-electron chi connectivity index (χ4n) is 2.52. The molecule has 0 saturated heterocycles. The first-order valence-electron chi connectivity index (χ1n) is 8.71. The van der Waals surface area contributed by atoms with Crippen LogP contribution in [0.3, 0.4) is 0 Å². The van der Waals surface area contributed by atoms with Crippen LogP contribution in [0.5, 0.6) is 0 Å². The number of anilines is 1. The summed E-state index contributed by atoms with van der Waals surface area (Å²) < 4.78 is 14.4. The lowest BCUT2D eigenvalue weighted by Gasteiger charge is -2.13. The third-order valence-corrected chi connectivity index (χ3v) is 5.07. The Balaban J connectivity index is 1.57. The van der Waals surface area contributed by atoms with Crippen molar-refractivity contribution in [3.05, 3.63) is 64.7 Å². The summed E-state index contributed by atoms with van der Waals surface area (Å²) in [5.74, 6) is -0.660. The second kappa shape index (κ2) is 9.48. The zero-order valence-electron chi connectivity index (χ0n) is 15.4. The molecule has 3 rings (SSSR count). The minimum Gasteiger partial charge on any atom is -0.331 e. The van der Waals surface area contributed by atoms with Crippen LogP contribution in [0.1, 0.15) is 6.92 Å². The predicted molar refractivity (Wildman–Crippen MR) is 116 cm³/mol. The largest absolute Gasteiger partial charge is 0.331 e. The van der Waals surface area contributed by atoms with Gasteiger partial charge in [0.25, 0.3) is 5.56 Å². The van der Waals surface area contributed by atoms with Crippen molar-refractivity contribution >= 4 is 51.6 Å². The smallest absolute Gasteiger partial charge is 0.262 e. The third-order valence-electron chi connectivity index (χ3n) is 3.89. The predicted octanol–water partition coefficient (Wildman–Crippen LogP) is 2.67. The number of nitrogens with one attached hydrogen (secondary N) is 3. The van der Waals surface area contributed by atoms with Crippen molar-refractivity contribution in [1.82, 2.24) is 20.4 Å². The number of carbonyl (C=O) groups is 1. The number of amides is 1. The summed E-state index contributed by atoms with van der Waals surface area (Å²) in [6.07, 6.45) is 0. The minimum absolute atomic E-state index is 0.0386. The number of thioether (sulfide) groups is 1. The molecule has 0 bridgehead atoms. The molecule has 10 heteroatoms. The Bertz CT molecular complexity index is 1100. The highest BCUT2D eigenvalue weighted by molar-refractivity contribution is 7.99. The summed E-state index contributed by atoms with van der Waals surface area (Å²) in [4.78, 5) is 29.2. The van der Waals surface area contributed by atoms with Gasteiger partial charge in [-0.1, -0.05) is 23.9 Å². The molecule has 3 N–H and O–H groups in total. The van der Waals surface area contributed by atoms with Gasteiger partial charge in [-0.05, 0) is 55.5 Å². The number of halogens is 1. The first kappa shape index (κ1) is 20.7. The van der Waals surface area contributed by atoms with E-state index in [1.54, 1.807) is 18.2 Å². The molecule has 0 aliphatic heterocycles. The van der Waals surface area contributed by atoms with E-state index in [2.05, 4.69) is 21.2 Å². The van der Waals surface area contributed by atoms with Crippen LogP contribution in [-0.4, -0.2) is 26.3 Å². The summed E-state index contributed by atoms with van der Waals surface area (Å²) in [5.41, 5.74) is 6.09. The number of benzene rings is 2. The Morgan fingerprint density at radius 3 is 2.62 bits per heavy atom. The van der Waals surface area contributed by atoms with Crippen molar-refractivity contribution in [2.75, 3.05) is 11.1 Å². The van der Waals surface area contributed by atoms with Gasteiger partial charge in [-0.25, -0.2) is 9.37 Å². The van der Waals surface area contributed by atoms with Crippen LogP contribution >= 0.6 is 24.0 Å². The van der Waals surface area contributed by atoms with Gasteiger partial charge in [-0.3, -0.25) is 25.0 Å². The summed E-state index contributed by atoms with van der Waals surface area (Å²) >= 11 is 6.24. The van der Waals surface area contributed by atoms with Gasteiger partial charge in [-0.15, -0.1) is 0 Å². The molecule has 0 fully saturated rings. The lowest BCUT2D eigenvalue weighted by atomic mass is 10.2. The van der Waals surface area contributed by atoms with E-state index in [1.165, 1.54) is 28.8 Å². The third kappa shape index (κ3) is 5.30. The molecule has 0 aliphatic rings. The zero-order valence-corrected chi connectivity index (χ0v) is 17.1. The van der Waals surface area contributed by atoms with Gasteiger partial charge < -0.3 is 5.32 Å². The second-order valence-electron chi connectivity index (χ2n) is 5.88. The molecule has 150 valence electrons. The van der Waals surface area contributed by atoms with Crippen LogP contribution in [0, 0.1) is 5.82 Å². The first-order valence-corrected chi connectivity index (χ1v) is 10.1. The summed E-state index contributed by atoms with van der Waals surface area (Å²) in [5, 5.41) is 3.99. The zero-order chi connectivity index (χ0) is 20.8. The number of nitrogens with zero attached hydrogens (tertiary/aromatic N) is 2. The second-order valence-corrected chi connectivity index (χ2v) is 7.23. The van der Waals surface area contributed by atoms with Crippen LogP contribution < -0.4 is 21.7 Å². The molecular formula is C19H18FN5O2S2. The van der Waals surface area contributed by atoms with E-state index in [4.69, 9.17) is 12.2 Å². The van der Waals surface area contributed by atoms with E-state index in [9.17, 15) is 14.0 Å². The fraction of sp³-hybridized carbons (Fsp3) is 0.158. The Labute approximate surface area is 175 Å². The fourth-order valence-corrected chi connectivity index (χ4v) is 3.56. The molecule has 1 amide bonds. The Morgan fingerprint density at radius 2 is 1.90 bits per heavy atom. The highest BCUT2D eigenvalue weighted by Crippen LogP contribution is 2.17. The molecule has 0 saturated carbocycles. The molecule has 0 aliphatic carbocycles. The summed E-state index contributed by atoms with van der Waals surface area (Å²) in [6.45, 7) is 2.30. The van der Waals surface area contributed by atoms with Gasteiger partial charge >= 0.3 is 0 Å². The maximum atomic E-state index is 12.9. The number of hydrazine groups is 1. The SMILES string of the molecule is CCn1c(SCC(=O)NNC(=S)Nc2ccc(F)cc2)nc2ccccc2c1=O. The van der Waals surface area contributed by atoms with Gasteiger partial charge in [0.1, 0.15) is 5.82 Å². The quantitative estimate of drug-likeness (QED) is 0.248. The van der Waals surface area contributed by atoms with Gasteiger partial charge in [-0.2, -0.15) is 0 Å². The summed E-state index contributed by atoms with van der Waals surface area (Å²) in [7, 11) is 0. The van der Waals surface area contributed by atoms with Gasteiger partial charge in [0, 0.05) is 12.2 Å². The normalized spacial score (nSPS) is 10.6. The maximum absolute atomic E-state index is 12.9. The highest BCUT2D eigenvalue weighted by atomic mass is 32.2. The van der Waals surface area contributed by atoms with Gasteiger partial charge in [0.15, 0.2) is 10.3 Å². The topological polar surface area (TPSA) is 88.1 Å². The van der Waals surface area contributed by atoms with E-state index in [1.807, 2.05) is 13.0 Å². The molecule has 0 atom stereocenters. The van der Waals surface area contributed by atoms with Gasteiger partial charge in [0.05, 0.1) is 16.7 Å². The number of thiocarbonyl (C=S) groups is 1. The number of rotatable bonds is 5. The van der Waals surface area contributed by atoms with Crippen LogP contribution in [0.4, 0.5) is 10.1 Å². The maximum Gasteiger partial charge on any atom is 0.262 e. The number of para-hydroxylation sites is 1. The molecule has 7 nitrogen and oxygen atoms in total. The van der Waals surface area contributed by atoms with E-state index in [0.717, 1.165) is 11.8 Å². The lowest BCUT2D eigenvalue weighted by molar-refractivity contribution is -0.119. The first-order chi connectivity index (χ1) is 14.0. The molecule has 0 unspecified atom stereocenters. The number of aromatic nitrogens is 2. The van der Waals surface area contributed by atoms with Crippen LogP contribution in [0.25, 0.3) is 10.9 Å². The lowest BCUT2D eigenvalue weighted by Crippen LogP contribution is -2.44. The Kier molecular flexibility index (Phi) is 6.78. The van der Waals surface area contributed by atoms with Crippen molar-refractivity contribution in [3.63, 3.8) is 0 Å². The Hall–Kier alpha value is -2.98. The van der Waals surface area contributed by atoms with Crippen molar-refractivity contribution in [2.24, 2.45) is 0 Å². The van der Waals surface area contributed by atoms with Crippen molar-refractivity contribution in [2.45, 2.75) is 18.6 Å². The Morgan fingerprint density at radius 1 is 1.17 bits per heavy atom. The van der Waals surface area contributed by atoms with E-state index < -0.39 is 0 Å². The number of fused-ring (bicyclic) bond motifs is 1. The minimum atomic E-state index is -0.354. The summed E-state index contributed by atoms with van der Waals surface area (Å²) in [6, 6.07) is 12.7.